The molecule has 0 fully saturated rings. The number of aromatic nitrogens is 1. The quantitative estimate of drug-likeness (QED) is 0.913. The Morgan fingerprint density at radius 3 is 2.65 bits per heavy atom. The number of nitrogens with zero attached hydrogens (tertiary/aromatic N) is 1. The Balaban J connectivity index is 2.31. The highest BCUT2D eigenvalue weighted by Crippen LogP contribution is 2.26. The van der Waals surface area contributed by atoms with Gasteiger partial charge in [-0.05, 0) is 53.4 Å². The van der Waals surface area contributed by atoms with E-state index in [1.165, 1.54) is 0 Å². The fourth-order valence-corrected chi connectivity index (χ4v) is 2.38. The predicted octanol–water partition coefficient (Wildman–Crippen LogP) is 4.16. The number of aliphatic carboxylic acids is 1. The Hall–Kier alpha value is -1.68. The fraction of sp³-hybridized carbons (Fsp3) is 0.250. The van der Waals surface area contributed by atoms with E-state index in [2.05, 4.69) is 20.9 Å². The first kappa shape index (κ1) is 14.7. The number of carboxylic acid groups (broad SMARTS) is 1. The molecule has 0 saturated heterocycles. The van der Waals surface area contributed by atoms with E-state index < -0.39 is 11.4 Å². The summed E-state index contributed by atoms with van der Waals surface area (Å²) in [5.41, 5.74) is 2.29. The monoisotopic (exact) mass is 333 g/mol. The molecule has 0 atom stereocenters. The van der Waals surface area contributed by atoms with Crippen LogP contribution in [0.25, 0.3) is 11.1 Å². The lowest BCUT2D eigenvalue weighted by Crippen LogP contribution is -2.26. The molecule has 0 saturated carbocycles. The van der Waals surface area contributed by atoms with Gasteiger partial charge in [0.15, 0.2) is 0 Å². The van der Waals surface area contributed by atoms with Crippen LogP contribution >= 0.6 is 15.9 Å². The second-order valence-corrected chi connectivity index (χ2v) is 6.37. The minimum Gasteiger partial charge on any atom is -0.481 e. The summed E-state index contributed by atoms with van der Waals surface area (Å²) in [6.07, 6.45) is 4.03. The molecule has 1 aromatic heterocycles. The second kappa shape index (κ2) is 5.75. The van der Waals surface area contributed by atoms with Crippen molar-refractivity contribution in [1.29, 1.82) is 0 Å². The number of rotatable bonds is 4. The third-order valence-electron chi connectivity index (χ3n) is 3.19. The zero-order valence-corrected chi connectivity index (χ0v) is 13.0. The molecule has 3 nitrogen and oxygen atoms in total. The Morgan fingerprint density at radius 2 is 2.00 bits per heavy atom. The van der Waals surface area contributed by atoms with Crippen LogP contribution in [0.2, 0.25) is 0 Å². The lowest BCUT2D eigenvalue weighted by Gasteiger charge is -2.19. The molecule has 0 bridgehead atoms. The van der Waals surface area contributed by atoms with Gasteiger partial charge in [-0.25, -0.2) is 0 Å². The zero-order valence-electron chi connectivity index (χ0n) is 11.4. The molecule has 0 amide bonds. The number of hydrogen-bond acceptors (Lipinski definition) is 2. The number of halogens is 1. The maximum Gasteiger partial charge on any atom is 0.309 e. The van der Waals surface area contributed by atoms with Gasteiger partial charge in [0.2, 0.25) is 0 Å². The molecule has 0 aliphatic carbocycles. The van der Waals surface area contributed by atoms with E-state index in [1.54, 1.807) is 26.2 Å². The van der Waals surface area contributed by atoms with Crippen LogP contribution < -0.4 is 0 Å². The van der Waals surface area contributed by atoms with E-state index in [-0.39, 0.29) is 0 Å². The van der Waals surface area contributed by atoms with Crippen LogP contribution in [-0.4, -0.2) is 16.1 Å². The van der Waals surface area contributed by atoms with Gasteiger partial charge in [-0.2, -0.15) is 0 Å². The normalized spacial score (nSPS) is 11.3. The van der Waals surface area contributed by atoms with Gasteiger partial charge in [0, 0.05) is 22.4 Å². The summed E-state index contributed by atoms with van der Waals surface area (Å²) in [4.78, 5) is 15.4. The van der Waals surface area contributed by atoms with Crippen molar-refractivity contribution in [1.82, 2.24) is 4.98 Å². The molecule has 1 N–H and O–H groups in total. The Labute approximate surface area is 126 Å². The molecule has 2 aromatic rings. The molecule has 0 aliphatic heterocycles. The maximum absolute atomic E-state index is 11.2. The zero-order chi connectivity index (χ0) is 14.8. The summed E-state index contributed by atoms with van der Waals surface area (Å²) in [5.74, 6) is -0.785. The van der Waals surface area contributed by atoms with Crippen molar-refractivity contribution in [2.75, 3.05) is 0 Å². The molecule has 0 radical (unpaired) electrons. The van der Waals surface area contributed by atoms with Crippen molar-refractivity contribution in [2.45, 2.75) is 20.3 Å². The molecule has 1 heterocycles. The maximum atomic E-state index is 11.2. The van der Waals surface area contributed by atoms with Crippen molar-refractivity contribution in [2.24, 2.45) is 5.41 Å². The standard InChI is InChI=1S/C16H16BrNO2/c1-16(2,15(19)20)8-11-4-3-5-12(6-11)13-7-14(17)10-18-9-13/h3-7,9-10H,8H2,1-2H3,(H,19,20). The molecule has 4 heteroatoms. The van der Waals surface area contributed by atoms with Crippen molar-refractivity contribution < 1.29 is 9.90 Å². The molecule has 104 valence electrons. The number of benzene rings is 1. The molecule has 0 aliphatic rings. The number of hydrogen-bond donors (Lipinski definition) is 1. The second-order valence-electron chi connectivity index (χ2n) is 5.46. The highest BCUT2D eigenvalue weighted by Gasteiger charge is 2.27. The minimum absolute atomic E-state index is 0.498. The van der Waals surface area contributed by atoms with Crippen LogP contribution in [0, 0.1) is 5.41 Å². The largest absolute Gasteiger partial charge is 0.481 e. The molecule has 0 spiro atoms. The molecule has 0 unspecified atom stereocenters. The van der Waals surface area contributed by atoms with Gasteiger partial charge in [0.25, 0.3) is 0 Å². The first-order valence-corrected chi connectivity index (χ1v) is 7.11. The highest BCUT2D eigenvalue weighted by atomic mass is 79.9. The Kier molecular flexibility index (Phi) is 4.23. The summed E-state index contributed by atoms with van der Waals surface area (Å²) in [5, 5.41) is 9.21. The summed E-state index contributed by atoms with van der Waals surface area (Å²) in [6.45, 7) is 3.48. The van der Waals surface area contributed by atoms with E-state index in [4.69, 9.17) is 0 Å². The number of pyridine rings is 1. The van der Waals surface area contributed by atoms with E-state index in [0.29, 0.717) is 6.42 Å². The molecule has 1 aromatic carbocycles. The summed E-state index contributed by atoms with van der Waals surface area (Å²) >= 11 is 3.41. The summed E-state index contributed by atoms with van der Waals surface area (Å²) < 4.78 is 0.922. The van der Waals surface area contributed by atoms with Gasteiger partial charge in [-0.1, -0.05) is 24.3 Å². The summed E-state index contributed by atoms with van der Waals surface area (Å²) in [6, 6.07) is 9.92. The first-order valence-electron chi connectivity index (χ1n) is 6.32. The van der Waals surface area contributed by atoms with Gasteiger partial charge < -0.3 is 5.11 Å². The van der Waals surface area contributed by atoms with Crippen LogP contribution in [-0.2, 0) is 11.2 Å². The van der Waals surface area contributed by atoms with Gasteiger partial charge >= 0.3 is 5.97 Å². The van der Waals surface area contributed by atoms with Gasteiger partial charge in [0.1, 0.15) is 0 Å². The van der Waals surface area contributed by atoms with Crippen molar-refractivity contribution >= 4 is 21.9 Å². The number of carbonyl (C=O) groups is 1. The fourth-order valence-electron chi connectivity index (χ4n) is 2.02. The minimum atomic E-state index is -0.785. The summed E-state index contributed by atoms with van der Waals surface area (Å²) in [7, 11) is 0. The molecular formula is C16H16BrNO2. The van der Waals surface area contributed by atoms with Crippen LogP contribution in [0.1, 0.15) is 19.4 Å². The Bertz CT molecular complexity index is 638. The van der Waals surface area contributed by atoms with Gasteiger partial charge in [0.05, 0.1) is 5.41 Å². The predicted molar refractivity (Wildman–Crippen MR) is 82.5 cm³/mol. The van der Waals surface area contributed by atoms with Crippen LogP contribution in [0.3, 0.4) is 0 Å². The first-order chi connectivity index (χ1) is 9.38. The lowest BCUT2D eigenvalue weighted by atomic mass is 9.85. The lowest BCUT2D eigenvalue weighted by molar-refractivity contribution is -0.146. The van der Waals surface area contributed by atoms with Crippen LogP contribution in [0.4, 0.5) is 0 Å². The van der Waals surface area contributed by atoms with Gasteiger partial charge in [-0.3, -0.25) is 9.78 Å². The van der Waals surface area contributed by atoms with E-state index >= 15 is 0 Å². The van der Waals surface area contributed by atoms with E-state index in [0.717, 1.165) is 21.2 Å². The average molecular weight is 334 g/mol. The average Bonchev–Trinajstić information content (AvgIpc) is 2.38. The van der Waals surface area contributed by atoms with Crippen molar-refractivity contribution in [3.05, 3.63) is 52.8 Å². The van der Waals surface area contributed by atoms with E-state index in [9.17, 15) is 9.90 Å². The SMILES string of the molecule is CC(C)(Cc1cccc(-c2cncc(Br)c2)c1)C(=O)O. The third-order valence-corrected chi connectivity index (χ3v) is 3.62. The number of carboxylic acids is 1. The van der Waals surface area contributed by atoms with Crippen LogP contribution in [0.5, 0.6) is 0 Å². The smallest absolute Gasteiger partial charge is 0.309 e. The highest BCUT2D eigenvalue weighted by molar-refractivity contribution is 9.10. The third kappa shape index (κ3) is 3.45. The Morgan fingerprint density at radius 1 is 1.25 bits per heavy atom. The van der Waals surface area contributed by atoms with Crippen LogP contribution in [0.15, 0.2) is 47.2 Å². The molecule has 20 heavy (non-hydrogen) atoms. The molecule has 2 rings (SSSR count). The van der Waals surface area contributed by atoms with Gasteiger partial charge in [-0.15, -0.1) is 0 Å². The van der Waals surface area contributed by atoms with E-state index in [1.807, 2.05) is 30.3 Å². The topological polar surface area (TPSA) is 50.2 Å². The van der Waals surface area contributed by atoms with Crippen molar-refractivity contribution in [3.8, 4) is 11.1 Å². The molecular weight excluding hydrogens is 318 g/mol. The van der Waals surface area contributed by atoms with Crippen molar-refractivity contribution in [3.63, 3.8) is 0 Å².